The Kier molecular flexibility index (Phi) is 4.37. The number of halogens is 2. The molecule has 1 aromatic carbocycles. The van der Waals surface area contributed by atoms with E-state index >= 15 is 0 Å². The fourth-order valence-corrected chi connectivity index (χ4v) is 2.14. The molecule has 0 aliphatic carbocycles. The molecule has 0 aliphatic heterocycles. The summed E-state index contributed by atoms with van der Waals surface area (Å²) in [6, 6.07) is 4.40. The fourth-order valence-electron chi connectivity index (χ4n) is 1.98. The molecule has 0 atom stereocenters. The summed E-state index contributed by atoms with van der Waals surface area (Å²) < 4.78 is 19.7. The van der Waals surface area contributed by atoms with Crippen molar-refractivity contribution in [1.82, 2.24) is 9.55 Å². The van der Waals surface area contributed by atoms with Crippen LogP contribution in [0.5, 0.6) is 0 Å². The SMILES string of the molecule is COC(=O)CCn1c(CCCl)nc2ccc(F)cc21. The average Bonchev–Trinajstić information content (AvgIpc) is 2.73. The Morgan fingerprint density at radius 1 is 1.53 bits per heavy atom. The van der Waals surface area contributed by atoms with E-state index in [2.05, 4.69) is 9.72 Å². The van der Waals surface area contributed by atoms with Gasteiger partial charge in [0.1, 0.15) is 11.6 Å². The fraction of sp³-hybridized carbons (Fsp3) is 0.385. The molecule has 0 spiro atoms. The van der Waals surface area contributed by atoms with Crippen LogP contribution in [0.3, 0.4) is 0 Å². The van der Waals surface area contributed by atoms with E-state index in [9.17, 15) is 9.18 Å². The van der Waals surface area contributed by atoms with Crippen molar-refractivity contribution >= 4 is 28.6 Å². The van der Waals surface area contributed by atoms with Gasteiger partial charge in [0.25, 0.3) is 0 Å². The van der Waals surface area contributed by atoms with Gasteiger partial charge in [-0.1, -0.05) is 0 Å². The standard InChI is InChI=1S/C13H14ClFN2O2/c1-19-13(18)5-7-17-11-8-9(15)2-3-10(11)16-12(17)4-6-14/h2-3,8H,4-7H2,1H3. The lowest BCUT2D eigenvalue weighted by atomic mass is 10.3. The van der Waals surface area contributed by atoms with Crippen LogP contribution in [0.1, 0.15) is 12.2 Å². The monoisotopic (exact) mass is 284 g/mol. The molecule has 19 heavy (non-hydrogen) atoms. The smallest absolute Gasteiger partial charge is 0.307 e. The quantitative estimate of drug-likeness (QED) is 0.626. The van der Waals surface area contributed by atoms with Crippen LogP contribution in [-0.2, 0) is 22.5 Å². The molecule has 1 aromatic heterocycles. The number of aryl methyl sites for hydroxylation is 2. The Hall–Kier alpha value is -1.62. The van der Waals surface area contributed by atoms with Crippen molar-refractivity contribution in [3.05, 3.63) is 29.8 Å². The number of esters is 1. The lowest BCUT2D eigenvalue weighted by Crippen LogP contribution is -2.10. The number of imidazole rings is 1. The number of alkyl halides is 1. The molecular formula is C13H14ClFN2O2. The number of methoxy groups -OCH3 is 1. The maximum atomic E-state index is 13.3. The Morgan fingerprint density at radius 2 is 2.32 bits per heavy atom. The molecular weight excluding hydrogens is 271 g/mol. The van der Waals surface area contributed by atoms with Gasteiger partial charge >= 0.3 is 5.97 Å². The van der Waals surface area contributed by atoms with Crippen molar-refractivity contribution in [1.29, 1.82) is 0 Å². The molecule has 2 aromatic rings. The minimum Gasteiger partial charge on any atom is -0.469 e. The zero-order chi connectivity index (χ0) is 13.8. The van der Waals surface area contributed by atoms with Gasteiger partial charge < -0.3 is 9.30 Å². The first kappa shape index (κ1) is 13.8. The largest absolute Gasteiger partial charge is 0.469 e. The summed E-state index contributed by atoms with van der Waals surface area (Å²) in [4.78, 5) is 15.6. The van der Waals surface area contributed by atoms with Gasteiger partial charge in [0, 0.05) is 18.8 Å². The number of fused-ring (bicyclic) bond motifs is 1. The second kappa shape index (κ2) is 6.02. The molecule has 0 N–H and O–H groups in total. The van der Waals surface area contributed by atoms with Crippen molar-refractivity contribution < 1.29 is 13.9 Å². The van der Waals surface area contributed by atoms with E-state index in [0.717, 1.165) is 5.82 Å². The number of carbonyl (C=O) groups is 1. The van der Waals surface area contributed by atoms with Gasteiger partial charge in [-0.3, -0.25) is 4.79 Å². The maximum Gasteiger partial charge on any atom is 0.307 e. The van der Waals surface area contributed by atoms with Crippen LogP contribution in [0.2, 0.25) is 0 Å². The number of aromatic nitrogens is 2. The zero-order valence-electron chi connectivity index (χ0n) is 10.5. The Balaban J connectivity index is 2.38. The zero-order valence-corrected chi connectivity index (χ0v) is 11.3. The van der Waals surface area contributed by atoms with E-state index in [1.807, 2.05) is 4.57 Å². The highest BCUT2D eigenvalue weighted by Crippen LogP contribution is 2.19. The normalized spacial score (nSPS) is 10.9. The number of hydrogen-bond donors (Lipinski definition) is 0. The highest BCUT2D eigenvalue weighted by atomic mass is 35.5. The maximum absolute atomic E-state index is 13.3. The number of hydrogen-bond acceptors (Lipinski definition) is 3. The molecule has 4 nitrogen and oxygen atoms in total. The minimum absolute atomic E-state index is 0.216. The molecule has 6 heteroatoms. The lowest BCUT2D eigenvalue weighted by molar-refractivity contribution is -0.140. The first-order valence-corrected chi connectivity index (χ1v) is 6.46. The van der Waals surface area contributed by atoms with Crippen molar-refractivity contribution in [3.63, 3.8) is 0 Å². The first-order chi connectivity index (χ1) is 9.15. The predicted molar refractivity (Wildman–Crippen MR) is 70.7 cm³/mol. The molecule has 0 fully saturated rings. The third kappa shape index (κ3) is 3.04. The number of carbonyl (C=O) groups excluding carboxylic acids is 1. The summed E-state index contributed by atoms with van der Waals surface area (Å²) in [5.74, 6) is 0.531. The summed E-state index contributed by atoms with van der Waals surface area (Å²) in [6.45, 7) is 0.402. The minimum atomic E-state index is -0.329. The average molecular weight is 285 g/mol. The Bertz CT molecular complexity index is 598. The summed E-state index contributed by atoms with van der Waals surface area (Å²) in [6.07, 6.45) is 0.785. The molecule has 102 valence electrons. The molecule has 0 bridgehead atoms. The van der Waals surface area contributed by atoms with Crippen molar-refractivity contribution in [2.45, 2.75) is 19.4 Å². The van der Waals surface area contributed by atoms with E-state index in [0.29, 0.717) is 29.9 Å². The highest BCUT2D eigenvalue weighted by Gasteiger charge is 2.12. The van der Waals surface area contributed by atoms with E-state index < -0.39 is 0 Å². The van der Waals surface area contributed by atoms with Crippen molar-refractivity contribution in [2.75, 3.05) is 13.0 Å². The van der Waals surface area contributed by atoms with Crippen LogP contribution in [0.25, 0.3) is 11.0 Å². The predicted octanol–water partition coefficient (Wildman–Crippen LogP) is 2.52. The second-order valence-electron chi connectivity index (χ2n) is 4.08. The topological polar surface area (TPSA) is 44.1 Å². The molecule has 0 amide bonds. The molecule has 0 saturated carbocycles. The van der Waals surface area contributed by atoms with Crippen molar-refractivity contribution in [3.8, 4) is 0 Å². The van der Waals surface area contributed by atoms with Crippen LogP contribution in [0.4, 0.5) is 4.39 Å². The van der Waals surface area contributed by atoms with Gasteiger partial charge in [0.15, 0.2) is 0 Å². The van der Waals surface area contributed by atoms with Gasteiger partial charge in [-0.05, 0) is 18.2 Å². The number of nitrogens with zero attached hydrogens (tertiary/aromatic N) is 2. The van der Waals surface area contributed by atoms with Crippen LogP contribution in [-0.4, -0.2) is 28.5 Å². The molecule has 0 unspecified atom stereocenters. The molecule has 0 radical (unpaired) electrons. The molecule has 0 saturated heterocycles. The summed E-state index contributed by atoms with van der Waals surface area (Å²) in [5.41, 5.74) is 1.37. The van der Waals surface area contributed by atoms with Gasteiger partial charge in [0.2, 0.25) is 0 Å². The van der Waals surface area contributed by atoms with Crippen LogP contribution in [0.15, 0.2) is 18.2 Å². The molecule has 2 rings (SSSR count). The van der Waals surface area contributed by atoms with Crippen LogP contribution < -0.4 is 0 Å². The third-order valence-electron chi connectivity index (χ3n) is 2.87. The number of ether oxygens (including phenoxy) is 1. The van der Waals surface area contributed by atoms with Crippen LogP contribution >= 0.6 is 11.6 Å². The number of benzene rings is 1. The number of rotatable bonds is 5. The Morgan fingerprint density at radius 3 is 3.00 bits per heavy atom. The highest BCUT2D eigenvalue weighted by molar-refractivity contribution is 6.17. The van der Waals surface area contributed by atoms with E-state index in [1.165, 1.54) is 19.2 Å². The first-order valence-electron chi connectivity index (χ1n) is 5.93. The van der Waals surface area contributed by atoms with E-state index in [1.54, 1.807) is 6.07 Å². The van der Waals surface area contributed by atoms with E-state index in [4.69, 9.17) is 11.6 Å². The van der Waals surface area contributed by atoms with E-state index in [-0.39, 0.29) is 18.2 Å². The second-order valence-corrected chi connectivity index (χ2v) is 4.46. The lowest BCUT2D eigenvalue weighted by Gasteiger charge is -2.07. The van der Waals surface area contributed by atoms with Gasteiger partial charge in [-0.15, -0.1) is 11.6 Å². The van der Waals surface area contributed by atoms with Gasteiger partial charge in [-0.25, -0.2) is 9.37 Å². The molecule has 0 aliphatic rings. The Labute approximate surface area is 115 Å². The van der Waals surface area contributed by atoms with Gasteiger partial charge in [-0.2, -0.15) is 0 Å². The van der Waals surface area contributed by atoms with Crippen LogP contribution in [0, 0.1) is 5.82 Å². The molecule has 1 heterocycles. The summed E-state index contributed by atoms with van der Waals surface area (Å²) in [5, 5.41) is 0. The van der Waals surface area contributed by atoms with Crippen molar-refractivity contribution in [2.24, 2.45) is 0 Å². The summed E-state index contributed by atoms with van der Waals surface area (Å²) >= 11 is 5.74. The third-order valence-corrected chi connectivity index (χ3v) is 3.06. The van der Waals surface area contributed by atoms with Gasteiger partial charge in [0.05, 0.1) is 24.6 Å². The summed E-state index contributed by atoms with van der Waals surface area (Å²) in [7, 11) is 1.34.